The van der Waals surface area contributed by atoms with Crippen LogP contribution in [0.1, 0.15) is 31.8 Å². The average molecular weight is 283 g/mol. The summed E-state index contributed by atoms with van der Waals surface area (Å²) in [5.41, 5.74) is 2.81. The second kappa shape index (κ2) is 5.48. The largest absolute Gasteiger partial charge is 0.352 e. The third-order valence-electron chi connectivity index (χ3n) is 3.63. The van der Waals surface area contributed by atoms with Crippen LogP contribution in [0, 0.1) is 5.82 Å². The molecule has 2 aromatic carbocycles. The van der Waals surface area contributed by atoms with Crippen molar-refractivity contribution in [3.8, 4) is 0 Å². The topological polar surface area (TPSA) is 46.2 Å². The van der Waals surface area contributed by atoms with E-state index in [0.717, 1.165) is 17.5 Å². The molecule has 3 rings (SSSR count). The van der Waals surface area contributed by atoms with Gasteiger partial charge in [0.15, 0.2) is 5.78 Å². The molecule has 0 bridgehead atoms. The van der Waals surface area contributed by atoms with Crippen molar-refractivity contribution in [2.75, 3.05) is 6.54 Å². The molecule has 1 amide bonds. The van der Waals surface area contributed by atoms with Crippen LogP contribution in [0.4, 0.5) is 4.39 Å². The van der Waals surface area contributed by atoms with E-state index in [1.165, 1.54) is 12.1 Å². The Bertz CT molecular complexity index is 707. The summed E-state index contributed by atoms with van der Waals surface area (Å²) in [6.07, 6.45) is 0.980. The summed E-state index contributed by atoms with van der Waals surface area (Å²) in [7, 11) is 0. The Balaban J connectivity index is 1.83. The molecule has 0 aliphatic carbocycles. The van der Waals surface area contributed by atoms with Crippen molar-refractivity contribution in [3.05, 3.63) is 70.5 Å². The molecule has 3 nitrogen and oxygen atoms in total. The van der Waals surface area contributed by atoms with Crippen LogP contribution in [0.15, 0.2) is 42.5 Å². The number of fused-ring (bicyclic) bond motifs is 1. The minimum Gasteiger partial charge on any atom is -0.352 e. The SMILES string of the molecule is O=C(Cc1ccc(F)cc1)c1ccc2c(c1)C(=O)NCC2. The van der Waals surface area contributed by atoms with Crippen molar-refractivity contribution in [1.82, 2.24) is 5.32 Å². The normalized spacial score (nSPS) is 13.5. The van der Waals surface area contributed by atoms with E-state index in [0.29, 0.717) is 17.7 Å². The highest BCUT2D eigenvalue weighted by atomic mass is 19.1. The fourth-order valence-electron chi connectivity index (χ4n) is 2.47. The molecule has 1 N–H and O–H groups in total. The Hall–Kier alpha value is -2.49. The molecular formula is C17H14FNO2. The number of ketones is 1. The van der Waals surface area contributed by atoms with Crippen molar-refractivity contribution in [1.29, 1.82) is 0 Å². The van der Waals surface area contributed by atoms with E-state index in [4.69, 9.17) is 0 Å². The molecule has 1 aliphatic rings. The van der Waals surface area contributed by atoms with Crippen LogP contribution in [-0.4, -0.2) is 18.2 Å². The Morgan fingerprint density at radius 1 is 1.14 bits per heavy atom. The van der Waals surface area contributed by atoms with Gasteiger partial charge in [0.2, 0.25) is 0 Å². The second-order valence-electron chi connectivity index (χ2n) is 5.10. The number of hydrogen-bond acceptors (Lipinski definition) is 2. The predicted molar refractivity (Wildman–Crippen MR) is 76.9 cm³/mol. The molecule has 0 spiro atoms. The highest BCUT2D eigenvalue weighted by molar-refractivity contribution is 6.02. The fourth-order valence-corrected chi connectivity index (χ4v) is 2.47. The van der Waals surface area contributed by atoms with Crippen LogP contribution in [-0.2, 0) is 12.8 Å². The lowest BCUT2D eigenvalue weighted by Gasteiger charge is -2.16. The maximum atomic E-state index is 12.8. The number of hydrogen-bond donors (Lipinski definition) is 1. The highest BCUT2D eigenvalue weighted by Crippen LogP contribution is 2.17. The third-order valence-corrected chi connectivity index (χ3v) is 3.63. The lowest BCUT2D eigenvalue weighted by molar-refractivity contribution is 0.0946. The standard InChI is InChI=1S/C17H14FNO2/c18-14-5-1-11(2-6-14)9-16(20)13-4-3-12-7-8-19-17(21)15(12)10-13/h1-6,10H,7-9H2,(H,19,21). The molecule has 0 fully saturated rings. The van der Waals surface area contributed by atoms with E-state index in [2.05, 4.69) is 5.32 Å². The van der Waals surface area contributed by atoms with Gasteiger partial charge in [-0.25, -0.2) is 4.39 Å². The maximum absolute atomic E-state index is 12.8. The van der Waals surface area contributed by atoms with Crippen LogP contribution in [0.3, 0.4) is 0 Å². The summed E-state index contributed by atoms with van der Waals surface area (Å²) < 4.78 is 12.8. The number of amides is 1. The van der Waals surface area contributed by atoms with Gasteiger partial charge in [0.1, 0.15) is 5.82 Å². The van der Waals surface area contributed by atoms with Gasteiger partial charge in [0.25, 0.3) is 5.91 Å². The first-order valence-corrected chi connectivity index (χ1v) is 6.82. The summed E-state index contributed by atoms with van der Waals surface area (Å²) in [6.45, 7) is 0.634. The molecule has 1 heterocycles. The van der Waals surface area contributed by atoms with Crippen molar-refractivity contribution >= 4 is 11.7 Å². The predicted octanol–water partition coefficient (Wildman–Crippen LogP) is 2.54. The third kappa shape index (κ3) is 2.84. The molecule has 1 aliphatic heterocycles. The van der Waals surface area contributed by atoms with Crippen LogP contribution < -0.4 is 5.32 Å². The first kappa shape index (κ1) is 13.5. The quantitative estimate of drug-likeness (QED) is 0.880. The molecule has 21 heavy (non-hydrogen) atoms. The van der Waals surface area contributed by atoms with Crippen LogP contribution in [0.5, 0.6) is 0 Å². The van der Waals surface area contributed by atoms with E-state index in [1.54, 1.807) is 24.3 Å². The van der Waals surface area contributed by atoms with Crippen LogP contribution in [0.2, 0.25) is 0 Å². The molecule has 0 atom stereocenters. The summed E-state index contributed by atoms with van der Waals surface area (Å²) in [4.78, 5) is 24.1. The van der Waals surface area contributed by atoms with E-state index in [9.17, 15) is 14.0 Å². The molecule has 4 heteroatoms. The van der Waals surface area contributed by atoms with Gasteiger partial charge in [-0.1, -0.05) is 24.3 Å². The number of carbonyl (C=O) groups is 2. The zero-order chi connectivity index (χ0) is 14.8. The number of rotatable bonds is 3. The Labute approximate surface area is 121 Å². The van der Waals surface area contributed by atoms with Crippen molar-refractivity contribution < 1.29 is 14.0 Å². The minimum absolute atomic E-state index is 0.0808. The fraction of sp³-hybridized carbons (Fsp3) is 0.176. The maximum Gasteiger partial charge on any atom is 0.251 e. The average Bonchev–Trinajstić information content (AvgIpc) is 2.50. The van der Waals surface area contributed by atoms with Gasteiger partial charge in [0.05, 0.1) is 0 Å². The van der Waals surface area contributed by atoms with E-state index in [-0.39, 0.29) is 23.9 Å². The van der Waals surface area contributed by atoms with E-state index >= 15 is 0 Å². The smallest absolute Gasteiger partial charge is 0.251 e. The Morgan fingerprint density at radius 3 is 2.67 bits per heavy atom. The first-order valence-electron chi connectivity index (χ1n) is 6.82. The molecule has 0 saturated heterocycles. The van der Waals surface area contributed by atoms with Gasteiger partial charge in [-0.05, 0) is 35.7 Å². The van der Waals surface area contributed by atoms with Gasteiger partial charge >= 0.3 is 0 Å². The molecule has 0 unspecified atom stereocenters. The monoisotopic (exact) mass is 283 g/mol. The number of halogens is 1. The molecular weight excluding hydrogens is 269 g/mol. The number of Topliss-reactive ketones (excluding diaryl/α,β-unsaturated/α-hetero) is 1. The van der Waals surface area contributed by atoms with Gasteiger partial charge in [-0.3, -0.25) is 9.59 Å². The zero-order valence-corrected chi connectivity index (χ0v) is 11.4. The van der Waals surface area contributed by atoms with Crippen molar-refractivity contribution in [2.45, 2.75) is 12.8 Å². The second-order valence-corrected chi connectivity index (χ2v) is 5.10. The highest BCUT2D eigenvalue weighted by Gasteiger charge is 2.18. The lowest BCUT2D eigenvalue weighted by atomic mass is 9.95. The molecule has 0 radical (unpaired) electrons. The van der Waals surface area contributed by atoms with E-state index in [1.807, 2.05) is 6.07 Å². The van der Waals surface area contributed by atoms with Gasteiger partial charge in [-0.15, -0.1) is 0 Å². The van der Waals surface area contributed by atoms with Gasteiger partial charge < -0.3 is 5.32 Å². The Kier molecular flexibility index (Phi) is 3.52. The summed E-state index contributed by atoms with van der Waals surface area (Å²) in [5.74, 6) is -0.535. The Morgan fingerprint density at radius 2 is 1.90 bits per heavy atom. The van der Waals surface area contributed by atoms with Crippen molar-refractivity contribution in [2.24, 2.45) is 0 Å². The summed E-state index contributed by atoms with van der Waals surface area (Å²) in [5, 5.41) is 2.77. The first-order chi connectivity index (χ1) is 10.1. The molecule has 0 saturated carbocycles. The molecule has 0 aromatic heterocycles. The number of carbonyl (C=O) groups excluding carboxylic acids is 2. The van der Waals surface area contributed by atoms with Crippen molar-refractivity contribution in [3.63, 3.8) is 0 Å². The molecule has 106 valence electrons. The lowest BCUT2D eigenvalue weighted by Crippen LogP contribution is -2.32. The minimum atomic E-state index is -0.323. The summed E-state index contributed by atoms with van der Waals surface area (Å²) in [6, 6.07) is 11.1. The number of benzene rings is 2. The van der Waals surface area contributed by atoms with E-state index < -0.39 is 0 Å². The zero-order valence-electron chi connectivity index (χ0n) is 11.4. The van der Waals surface area contributed by atoms with Gasteiger partial charge in [0, 0.05) is 24.1 Å². The number of nitrogens with one attached hydrogen (secondary N) is 1. The summed E-state index contributed by atoms with van der Waals surface area (Å²) >= 11 is 0. The molecule has 2 aromatic rings. The van der Waals surface area contributed by atoms with Gasteiger partial charge in [-0.2, -0.15) is 0 Å². The van der Waals surface area contributed by atoms with Crippen LogP contribution in [0.25, 0.3) is 0 Å². The van der Waals surface area contributed by atoms with Crippen LogP contribution >= 0.6 is 0 Å².